The van der Waals surface area contributed by atoms with Gasteiger partial charge in [0.1, 0.15) is 4.90 Å². The number of cyclic esters (lactones) is 1. The molecule has 0 aliphatic carbocycles. The molecular weight excluding hydrogens is 510 g/mol. The zero-order chi connectivity index (χ0) is 23.4. The summed E-state index contributed by atoms with van der Waals surface area (Å²) >= 11 is 3.42. The van der Waals surface area contributed by atoms with Gasteiger partial charge in [0.2, 0.25) is 5.90 Å². The van der Waals surface area contributed by atoms with Crippen molar-refractivity contribution in [1.29, 1.82) is 0 Å². The Balaban J connectivity index is 1.64. The van der Waals surface area contributed by atoms with E-state index in [4.69, 9.17) is 13.7 Å². The first-order valence-corrected chi connectivity index (χ1v) is 12.1. The molecule has 7 nitrogen and oxygen atoms in total. The summed E-state index contributed by atoms with van der Waals surface area (Å²) in [5.74, 6) is -0.148. The Morgan fingerprint density at radius 3 is 2.45 bits per heavy atom. The maximum Gasteiger partial charge on any atom is 0.363 e. The number of halogens is 1. The van der Waals surface area contributed by atoms with Gasteiger partial charge in [0.05, 0.1) is 12.2 Å². The zero-order valence-electron chi connectivity index (χ0n) is 17.4. The second-order valence-corrected chi connectivity index (χ2v) is 9.21. The topological polar surface area (TPSA) is 91.3 Å². The Kier molecular flexibility index (Phi) is 6.62. The number of esters is 1. The Morgan fingerprint density at radius 2 is 1.73 bits per heavy atom. The van der Waals surface area contributed by atoms with Crippen LogP contribution in [0.5, 0.6) is 11.5 Å². The summed E-state index contributed by atoms with van der Waals surface area (Å²) in [5, 5.41) is 0. The van der Waals surface area contributed by atoms with Crippen LogP contribution in [-0.2, 0) is 19.6 Å². The molecule has 0 spiro atoms. The Labute approximate surface area is 199 Å². The van der Waals surface area contributed by atoms with Crippen molar-refractivity contribution in [2.24, 2.45) is 4.99 Å². The SMILES string of the molecule is CCOc1cc(/C=C2\N=C(c3ccccc3Br)OC2=O)ccc1OS(=O)(=O)c1ccccc1. The fraction of sp³-hybridized carbons (Fsp3) is 0.0833. The molecular formula is C24H18BrNO6S. The second-order valence-electron chi connectivity index (χ2n) is 6.81. The molecule has 33 heavy (non-hydrogen) atoms. The molecule has 0 fully saturated rings. The Morgan fingerprint density at radius 1 is 1.00 bits per heavy atom. The van der Waals surface area contributed by atoms with Crippen molar-refractivity contribution in [1.82, 2.24) is 0 Å². The van der Waals surface area contributed by atoms with Crippen LogP contribution >= 0.6 is 15.9 Å². The summed E-state index contributed by atoms with van der Waals surface area (Å²) in [6.45, 7) is 2.05. The largest absolute Gasteiger partial charge is 0.490 e. The van der Waals surface area contributed by atoms with Crippen molar-refractivity contribution >= 4 is 44.0 Å². The minimum atomic E-state index is -4.04. The van der Waals surface area contributed by atoms with Gasteiger partial charge in [-0.2, -0.15) is 8.42 Å². The highest BCUT2D eigenvalue weighted by Gasteiger charge is 2.26. The Hall–Kier alpha value is -3.43. The minimum absolute atomic E-state index is 0.0290. The van der Waals surface area contributed by atoms with E-state index in [9.17, 15) is 13.2 Å². The van der Waals surface area contributed by atoms with E-state index >= 15 is 0 Å². The van der Waals surface area contributed by atoms with E-state index in [1.165, 1.54) is 24.3 Å². The number of carbonyl (C=O) groups is 1. The van der Waals surface area contributed by atoms with Crippen molar-refractivity contribution in [3.63, 3.8) is 0 Å². The number of aliphatic imine (C=N–C) groups is 1. The number of rotatable bonds is 7. The zero-order valence-corrected chi connectivity index (χ0v) is 19.8. The van der Waals surface area contributed by atoms with Gasteiger partial charge in [-0.1, -0.05) is 36.4 Å². The Bertz CT molecular complexity index is 1370. The summed E-state index contributed by atoms with van der Waals surface area (Å²) in [4.78, 5) is 16.7. The van der Waals surface area contributed by atoms with E-state index in [-0.39, 0.29) is 34.6 Å². The van der Waals surface area contributed by atoms with E-state index in [2.05, 4.69) is 20.9 Å². The highest BCUT2D eigenvalue weighted by molar-refractivity contribution is 9.10. The van der Waals surface area contributed by atoms with Gasteiger partial charge in [-0.15, -0.1) is 0 Å². The third-order valence-corrected chi connectivity index (χ3v) is 6.47. The third-order valence-electron chi connectivity index (χ3n) is 4.53. The van der Waals surface area contributed by atoms with Crippen molar-refractivity contribution in [2.45, 2.75) is 11.8 Å². The molecule has 1 aliphatic rings. The van der Waals surface area contributed by atoms with E-state index in [0.29, 0.717) is 11.1 Å². The monoisotopic (exact) mass is 527 g/mol. The first kappa shape index (κ1) is 22.8. The maximum atomic E-state index is 12.6. The van der Waals surface area contributed by atoms with Crippen molar-refractivity contribution in [3.8, 4) is 11.5 Å². The van der Waals surface area contributed by atoms with Gasteiger partial charge in [0.25, 0.3) is 0 Å². The van der Waals surface area contributed by atoms with Crippen molar-refractivity contribution < 1.29 is 26.9 Å². The smallest absolute Gasteiger partial charge is 0.363 e. The molecule has 0 atom stereocenters. The normalized spacial score (nSPS) is 14.7. The summed E-state index contributed by atoms with van der Waals surface area (Å²) in [5.41, 5.74) is 1.32. The molecule has 0 amide bonds. The van der Waals surface area contributed by atoms with Crippen LogP contribution in [0.3, 0.4) is 0 Å². The molecule has 0 unspecified atom stereocenters. The molecule has 0 saturated heterocycles. The van der Waals surface area contributed by atoms with Crippen LogP contribution < -0.4 is 8.92 Å². The summed E-state index contributed by atoms with van der Waals surface area (Å²) in [6, 6.07) is 19.7. The van der Waals surface area contributed by atoms with Crippen LogP contribution in [0.25, 0.3) is 6.08 Å². The molecule has 1 aliphatic heterocycles. The highest BCUT2D eigenvalue weighted by Crippen LogP contribution is 2.32. The molecule has 4 rings (SSSR count). The predicted molar refractivity (Wildman–Crippen MR) is 127 cm³/mol. The van der Waals surface area contributed by atoms with Gasteiger partial charge in [-0.3, -0.25) is 0 Å². The molecule has 168 valence electrons. The van der Waals surface area contributed by atoms with Crippen LogP contribution in [0.15, 0.2) is 92.9 Å². The van der Waals surface area contributed by atoms with Crippen LogP contribution in [0.4, 0.5) is 0 Å². The van der Waals surface area contributed by atoms with Crippen LogP contribution in [0.2, 0.25) is 0 Å². The highest BCUT2D eigenvalue weighted by atomic mass is 79.9. The van der Waals surface area contributed by atoms with Crippen molar-refractivity contribution in [2.75, 3.05) is 6.61 Å². The molecule has 0 bridgehead atoms. The summed E-state index contributed by atoms with van der Waals surface area (Å²) in [6.07, 6.45) is 1.53. The molecule has 3 aromatic carbocycles. The summed E-state index contributed by atoms with van der Waals surface area (Å²) < 4.78 is 42.1. The summed E-state index contributed by atoms with van der Waals surface area (Å²) in [7, 11) is -4.04. The van der Waals surface area contributed by atoms with Gasteiger partial charge >= 0.3 is 16.1 Å². The molecule has 9 heteroatoms. The number of hydrogen-bond acceptors (Lipinski definition) is 7. The van der Waals surface area contributed by atoms with Gasteiger partial charge in [0.15, 0.2) is 17.2 Å². The first-order valence-electron chi connectivity index (χ1n) is 9.91. The lowest BCUT2D eigenvalue weighted by Crippen LogP contribution is -2.10. The van der Waals surface area contributed by atoms with E-state index in [0.717, 1.165) is 4.47 Å². The average Bonchev–Trinajstić information content (AvgIpc) is 3.16. The van der Waals surface area contributed by atoms with Crippen LogP contribution in [-0.4, -0.2) is 26.9 Å². The molecule has 1 heterocycles. The number of benzene rings is 3. The standard InChI is InChI=1S/C24H18BrNO6S/c1-2-30-22-15-16(12-13-21(22)32-33(28,29)17-8-4-3-5-9-17)14-20-24(27)31-23(26-20)18-10-6-7-11-19(18)25/h3-15H,2H2,1H3/b20-14-. The molecule has 3 aromatic rings. The minimum Gasteiger partial charge on any atom is -0.490 e. The first-order chi connectivity index (χ1) is 15.9. The lowest BCUT2D eigenvalue weighted by atomic mass is 10.1. The van der Waals surface area contributed by atoms with E-state index < -0.39 is 16.1 Å². The van der Waals surface area contributed by atoms with E-state index in [1.54, 1.807) is 43.3 Å². The van der Waals surface area contributed by atoms with Gasteiger partial charge < -0.3 is 13.7 Å². The third kappa shape index (κ3) is 5.15. The molecule has 0 N–H and O–H groups in total. The molecule has 0 aromatic heterocycles. The quantitative estimate of drug-likeness (QED) is 0.245. The van der Waals surface area contributed by atoms with Crippen molar-refractivity contribution in [3.05, 3.63) is 94.1 Å². The predicted octanol–water partition coefficient (Wildman–Crippen LogP) is 4.96. The fourth-order valence-electron chi connectivity index (χ4n) is 3.02. The van der Waals surface area contributed by atoms with E-state index in [1.807, 2.05) is 18.2 Å². The van der Waals surface area contributed by atoms with Crippen LogP contribution in [0.1, 0.15) is 18.1 Å². The number of carbonyl (C=O) groups excluding carboxylic acids is 1. The number of hydrogen-bond donors (Lipinski definition) is 0. The lowest BCUT2D eigenvalue weighted by Gasteiger charge is -2.12. The second kappa shape index (κ2) is 9.60. The van der Waals surface area contributed by atoms with Gasteiger partial charge in [0, 0.05) is 4.47 Å². The molecule has 0 radical (unpaired) electrons. The van der Waals surface area contributed by atoms with Crippen LogP contribution in [0, 0.1) is 0 Å². The number of nitrogens with zero attached hydrogens (tertiary/aromatic N) is 1. The average molecular weight is 528 g/mol. The lowest BCUT2D eigenvalue weighted by molar-refractivity contribution is -0.129. The van der Waals surface area contributed by atoms with Gasteiger partial charge in [-0.05, 0) is 70.9 Å². The number of ether oxygens (including phenoxy) is 2. The molecule has 0 saturated carbocycles. The fourth-order valence-corrected chi connectivity index (χ4v) is 4.44. The van der Waals surface area contributed by atoms with Gasteiger partial charge in [-0.25, -0.2) is 9.79 Å². The maximum absolute atomic E-state index is 12.6.